The Morgan fingerprint density at radius 2 is 1.48 bits per heavy atom. The fourth-order valence-corrected chi connectivity index (χ4v) is 5.29. The van der Waals surface area contributed by atoms with Crippen LogP contribution in [0.2, 0.25) is 0 Å². The van der Waals surface area contributed by atoms with Crippen LogP contribution in [0.15, 0.2) is 41.3 Å². The fraction of sp³-hybridized carbons (Fsp3) is 0.375. The molecule has 0 spiro atoms. The lowest BCUT2D eigenvalue weighted by molar-refractivity contribution is 0.424. The topological polar surface area (TPSA) is 37.4 Å². The highest BCUT2D eigenvalue weighted by Crippen LogP contribution is 2.29. The van der Waals surface area contributed by atoms with Gasteiger partial charge in [0.1, 0.15) is 0 Å². The first-order valence-corrected chi connectivity index (χ1v) is 9.80. The summed E-state index contributed by atoms with van der Waals surface area (Å²) in [5.74, 6) is 0. The highest BCUT2D eigenvalue weighted by Gasteiger charge is 2.26. The van der Waals surface area contributed by atoms with Crippen molar-refractivity contribution in [3.8, 4) is 0 Å². The van der Waals surface area contributed by atoms with Gasteiger partial charge in [-0.25, -0.2) is 8.42 Å². The standard InChI is InChI=1S/C16H18INO2S/c17-15-9-5-8-14-13(15)7-6-10-16(14)21(19,20)18-11-3-1-2-4-12-18/h5-10H,1-4,11-12H2. The van der Waals surface area contributed by atoms with Crippen LogP contribution in [-0.4, -0.2) is 25.8 Å². The first-order chi connectivity index (χ1) is 10.1. The van der Waals surface area contributed by atoms with Crippen LogP contribution in [0.25, 0.3) is 10.8 Å². The molecule has 2 aromatic carbocycles. The Hall–Kier alpha value is -0.660. The van der Waals surface area contributed by atoms with E-state index in [9.17, 15) is 8.42 Å². The average Bonchev–Trinajstić information content (AvgIpc) is 2.77. The summed E-state index contributed by atoms with van der Waals surface area (Å²) in [7, 11) is -3.40. The van der Waals surface area contributed by atoms with Crippen LogP contribution in [-0.2, 0) is 10.0 Å². The highest BCUT2D eigenvalue weighted by molar-refractivity contribution is 14.1. The summed E-state index contributed by atoms with van der Waals surface area (Å²) in [6, 6.07) is 11.4. The normalized spacial score (nSPS) is 17.8. The van der Waals surface area contributed by atoms with Crippen molar-refractivity contribution in [2.24, 2.45) is 0 Å². The van der Waals surface area contributed by atoms with Crippen LogP contribution < -0.4 is 0 Å². The monoisotopic (exact) mass is 415 g/mol. The molecule has 0 N–H and O–H groups in total. The van der Waals surface area contributed by atoms with Crippen LogP contribution in [0, 0.1) is 3.57 Å². The molecule has 0 saturated carbocycles. The van der Waals surface area contributed by atoms with Gasteiger partial charge in [0.05, 0.1) is 4.90 Å². The Kier molecular flexibility index (Phi) is 4.51. The summed E-state index contributed by atoms with van der Waals surface area (Å²) in [6.45, 7) is 1.28. The SMILES string of the molecule is O=S(=O)(c1cccc2c(I)cccc12)N1CCCCCC1. The number of hydrogen-bond acceptors (Lipinski definition) is 2. The number of rotatable bonds is 2. The van der Waals surface area contributed by atoms with E-state index < -0.39 is 10.0 Å². The van der Waals surface area contributed by atoms with E-state index in [1.54, 1.807) is 10.4 Å². The van der Waals surface area contributed by atoms with Gasteiger partial charge in [-0.05, 0) is 53.0 Å². The van der Waals surface area contributed by atoms with E-state index in [1.165, 1.54) is 0 Å². The van der Waals surface area contributed by atoms with E-state index in [1.807, 2.05) is 30.3 Å². The molecule has 0 atom stereocenters. The molecule has 3 nitrogen and oxygen atoms in total. The van der Waals surface area contributed by atoms with Crippen molar-refractivity contribution in [2.75, 3.05) is 13.1 Å². The number of nitrogens with zero attached hydrogens (tertiary/aromatic N) is 1. The van der Waals surface area contributed by atoms with E-state index in [-0.39, 0.29) is 0 Å². The van der Waals surface area contributed by atoms with Gasteiger partial charge in [-0.3, -0.25) is 0 Å². The zero-order chi connectivity index (χ0) is 14.9. The molecule has 0 aliphatic carbocycles. The van der Waals surface area contributed by atoms with Gasteiger partial charge in [0.2, 0.25) is 10.0 Å². The molecule has 5 heteroatoms. The third-order valence-electron chi connectivity index (χ3n) is 4.01. The van der Waals surface area contributed by atoms with Crippen LogP contribution in [0.3, 0.4) is 0 Å². The molecule has 1 fully saturated rings. The van der Waals surface area contributed by atoms with Gasteiger partial charge in [-0.15, -0.1) is 0 Å². The maximum absolute atomic E-state index is 13.0. The van der Waals surface area contributed by atoms with Crippen molar-refractivity contribution in [3.05, 3.63) is 40.0 Å². The highest BCUT2D eigenvalue weighted by atomic mass is 127. The molecule has 0 radical (unpaired) electrons. The summed E-state index contributed by atoms with van der Waals surface area (Å²) in [5, 5.41) is 1.84. The average molecular weight is 415 g/mol. The van der Waals surface area contributed by atoms with Crippen molar-refractivity contribution < 1.29 is 8.42 Å². The molecular formula is C16H18INO2S. The second-order valence-corrected chi connectivity index (χ2v) is 8.48. The summed E-state index contributed by atoms with van der Waals surface area (Å²) < 4.78 is 28.7. The minimum Gasteiger partial charge on any atom is -0.207 e. The molecule has 0 unspecified atom stereocenters. The first kappa shape index (κ1) is 15.2. The second-order valence-electron chi connectivity index (χ2n) is 5.41. The van der Waals surface area contributed by atoms with Gasteiger partial charge in [0.15, 0.2) is 0 Å². The smallest absolute Gasteiger partial charge is 0.207 e. The Morgan fingerprint density at radius 3 is 2.19 bits per heavy atom. The predicted molar refractivity (Wildman–Crippen MR) is 93.9 cm³/mol. The lowest BCUT2D eigenvalue weighted by Crippen LogP contribution is -2.32. The third-order valence-corrected chi connectivity index (χ3v) is 6.91. The van der Waals surface area contributed by atoms with Crippen LogP contribution >= 0.6 is 22.6 Å². The maximum atomic E-state index is 13.0. The summed E-state index contributed by atoms with van der Waals surface area (Å²) in [6.07, 6.45) is 4.17. The largest absolute Gasteiger partial charge is 0.243 e. The van der Waals surface area contributed by atoms with Crippen molar-refractivity contribution in [2.45, 2.75) is 30.6 Å². The summed E-state index contributed by atoms with van der Waals surface area (Å²) in [5.41, 5.74) is 0. The number of fused-ring (bicyclic) bond motifs is 1. The number of sulfonamides is 1. The van der Waals surface area contributed by atoms with Crippen molar-refractivity contribution in [1.29, 1.82) is 0 Å². The molecule has 0 bridgehead atoms. The van der Waals surface area contributed by atoms with Crippen molar-refractivity contribution in [3.63, 3.8) is 0 Å². The third kappa shape index (κ3) is 2.96. The fourth-order valence-electron chi connectivity index (χ4n) is 2.89. The van der Waals surface area contributed by atoms with Crippen molar-refractivity contribution in [1.82, 2.24) is 4.31 Å². The van der Waals surface area contributed by atoms with E-state index >= 15 is 0 Å². The Balaban J connectivity index is 2.12. The minimum atomic E-state index is -3.40. The zero-order valence-corrected chi connectivity index (χ0v) is 14.7. The molecule has 0 amide bonds. The number of benzene rings is 2. The van der Waals surface area contributed by atoms with Gasteiger partial charge in [-0.2, -0.15) is 4.31 Å². The van der Waals surface area contributed by atoms with Gasteiger partial charge in [0.25, 0.3) is 0 Å². The van der Waals surface area contributed by atoms with E-state index in [0.717, 1.165) is 40.0 Å². The molecular weight excluding hydrogens is 397 g/mol. The summed E-state index contributed by atoms with van der Waals surface area (Å²) in [4.78, 5) is 0.445. The van der Waals surface area contributed by atoms with Crippen LogP contribution in [0.5, 0.6) is 0 Å². The van der Waals surface area contributed by atoms with Gasteiger partial charge < -0.3 is 0 Å². The van der Waals surface area contributed by atoms with Gasteiger partial charge >= 0.3 is 0 Å². The molecule has 21 heavy (non-hydrogen) atoms. The van der Waals surface area contributed by atoms with E-state index in [0.29, 0.717) is 18.0 Å². The van der Waals surface area contributed by atoms with Gasteiger partial charge in [0, 0.05) is 22.0 Å². The molecule has 112 valence electrons. The molecule has 3 rings (SSSR count). The van der Waals surface area contributed by atoms with Crippen LogP contribution in [0.1, 0.15) is 25.7 Å². The summed E-state index contributed by atoms with van der Waals surface area (Å²) >= 11 is 2.26. The lowest BCUT2D eigenvalue weighted by atomic mass is 10.1. The number of hydrogen-bond donors (Lipinski definition) is 0. The number of halogens is 1. The predicted octanol–water partition coefficient (Wildman–Crippen LogP) is 4.01. The molecule has 1 aliphatic heterocycles. The zero-order valence-electron chi connectivity index (χ0n) is 11.8. The van der Waals surface area contributed by atoms with Crippen molar-refractivity contribution >= 4 is 43.4 Å². The maximum Gasteiger partial charge on any atom is 0.243 e. The first-order valence-electron chi connectivity index (χ1n) is 7.28. The molecule has 2 aromatic rings. The Morgan fingerprint density at radius 1 is 0.857 bits per heavy atom. The molecule has 1 saturated heterocycles. The Bertz CT molecular complexity index is 750. The lowest BCUT2D eigenvalue weighted by Gasteiger charge is -2.21. The van der Waals surface area contributed by atoms with Crippen LogP contribution in [0.4, 0.5) is 0 Å². The second kappa shape index (κ2) is 6.22. The van der Waals surface area contributed by atoms with E-state index in [4.69, 9.17) is 0 Å². The minimum absolute atomic E-state index is 0.445. The molecule has 1 aliphatic rings. The molecule has 0 aromatic heterocycles. The quantitative estimate of drug-likeness (QED) is 0.696. The molecule has 1 heterocycles. The van der Waals surface area contributed by atoms with Gasteiger partial charge in [-0.1, -0.05) is 37.1 Å². The Labute approximate surface area is 139 Å². The van der Waals surface area contributed by atoms with E-state index in [2.05, 4.69) is 22.6 Å².